The zero-order valence-electron chi connectivity index (χ0n) is 28.1. The molecule has 0 radical (unpaired) electrons. The van der Waals surface area contributed by atoms with E-state index >= 15 is 0 Å². The molecule has 9 rings (SSSR count). The van der Waals surface area contributed by atoms with Crippen molar-refractivity contribution in [2.75, 3.05) is 4.90 Å². The third-order valence-corrected chi connectivity index (χ3v) is 11.0. The Balaban J connectivity index is 0.976. The molecule has 50 heavy (non-hydrogen) atoms. The number of rotatable bonds is 8. The molecule has 2 heterocycles. The lowest BCUT2D eigenvalue weighted by atomic mass is 9.83. The molecule has 0 saturated heterocycles. The van der Waals surface area contributed by atoms with Gasteiger partial charge >= 0.3 is 0 Å². The average molecular weight is 646 g/mol. The summed E-state index contributed by atoms with van der Waals surface area (Å²) in [6.07, 6.45) is 11.4. The predicted octanol–water partition coefficient (Wildman–Crippen LogP) is 12.5. The number of hydrogen-bond acceptors (Lipinski definition) is 3. The summed E-state index contributed by atoms with van der Waals surface area (Å²) in [6.45, 7) is 0. The second kappa shape index (κ2) is 13.2. The molecule has 3 heteroatoms. The van der Waals surface area contributed by atoms with Gasteiger partial charge in [-0.25, -0.2) is 0 Å². The zero-order chi connectivity index (χ0) is 33.3. The number of hydrogen-bond donors (Lipinski definition) is 0. The molecular weight excluding hydrogens is 607 g/mol. The fraction of sp³-hybridized carbons (Fsp3) is 0.149. The second-order valence-corrected chi connectivity index (χ2v) is 13.9. The molecule has 0 spiro atoms. The molecule has 0 amide bonds. The second-order valence-electron chi connectivity index (χ2n) is 13.9. The lowest BCUT2D eigenvalue weighted by molar-refractivity contribution is 0.420. The molecule has 2 fully saturated rings. The number of benzene rings is 5. The molecule has 7 aromatic rings. The summed E-state index contributed by atoms with van der Waals surface area (Å²) >= 11 is 0. The highest BCUT2D eigenvalue weighted by Crippen LogP contribution is 2.53. The molecule has 2 bridgehead atoms. The normalized spacial score (nSPS) is 17.9. The van der Waals surface area contributed by atoms with Gasteiger partial charge in [0.15, 0.2) is 0 Å². The maximum atomic E-state index is 4.87. The van der Waals surface area contributed by atoms with Crippen molar-refractivity contribution in [3.8, 4) is 44.6 Å². The minimum atomic E-state index is 0.778. The largest absolute Gasteiger partial charge is 0.309 e. The van der Waals surface area contributed by atoms with Crippen LogP contribution in [0.4, 0.5) is 17.1 Å². The van der Waals surface area contributed by atoms with Crippen molar-refractivity contribution in [1.29, 1.82) is 0 Å². The van der Waals surface area contributed by atoms with Crippen molar-refractivity contribution in [2.45, 2.75) is 31.6 Å². The van der Waals surface area contributed by atoms with Gasteiger partial charge in [-0.3, -0.25) is 9.97 Å². The van der Waals surface area contributed by atoms with E-state index in [1.54, 1.807) is 5.56 Å². The third kappa shape index (κ3) is 6.01. The maximum absolute atomic E-state index is 4.87. The van der Waals surface area contributed by atoms with E-state index < -0.39 is 0 Å². The Hall–Kier alpha value is -5.80. The van der Waals surface area contributed by atoms with Gasteiger partial charge in [0, 0.05) is 29.3 Å². The van der Waals surface area contributed by atoms with E-state index in [0.717, 1.165) is 57.2 Å². The predicted molar refractivity (Wildman–Crippen MR) is 207 cm³/mol. The van der Waals surface area contributed by atoms with E-state index in [4.69, 9.17) is 4.98 Å². The van der Waals surface area contributed by atoms with Crippen LogP contribution in [0.5, 0.6) is 0 Å². The monoisotopic (exact) mass is 645 g/mol. The molecule has 3 nitrogen and oxygen atoms in total. The van der Waals surface area contributed by atoms with Gasteiger partial charge in [0.25, 0.3) is 0 Å². The van der Waals surface area contributed by atoms with Gasteiger partial charge in [-0.1, -0.05) is 110 Å². The lowest BCUT2D eigenvalue weighted by Crippen LogP contribution is -2.10. The lowest BCUT2D eigenvalue weighted by Gasteiger charge is -2.26. The van der Waals surface area contributed by atoms with E-state index in [1.165, 1.54) is 47.9 Å². The van der Waals surface area contributed by atoms with Gasteiger partial charge in [-0.15, -0.1) is 0 Å². The first-order chi connectivity index (χ1) is 24.7. The molecule has 2 aromatic heterocycles. The molecule has 2 aliphatic carbocycles. The van der Waals surface area contributed by atoms with Crippen molar-refractivity contribution in [3.63, 3.8) is 0 Å². The summed E-state index contributed by atoms with van der Waals surface area (Å²) in [5.41, 5.74) is 14.0. The topological polar surface area (TPSA) is 29.0 Å². The summed E-state index contributed by atoms with van der Waals surface area (Å²) < 4.78 is 0. The molecule has 2 saturated carbocycles. The molecular formula is C47H39N3. The standard InChI is InChI=1S/C47H39N3/c1-2-4-41(5-3-1)47-25-24-45(32-49-47)50(44-22-18-38(19-23-44)39-26-28-48-29-27-39)43-20-16-37(17-21-43)35-10-8-34(9-11-35)36-12-14-40(15-13-36)46-31-33-6-7-42(46)30-33/h1-5,8-29,32-33,42,46H,6-7,30-31H2. The summed E-state index contributed by atoms with van der Waals surface area (Å²) in [5, 5.41) is 0. The first kappa shape index (κ1) is 30.3. The van der Waals surface area contributed by atoms with Crippen LogP contribution in [0.3, 0.4) is 0 Å². The van der Waals surface area contributed by atoms with Gasteiger partial charge in [0.05, 0.1) is 17.6 Å². The van der Waals surface area contributed by atoms with E-state index in [0.29, 0.717) is 0 Å². The van der Waals surface area contributed by atoms with Crippen molar-refractivity contribution in [2.24, 2.45) is 11.8 Å². The average Bonchev–Trinajstić information content (AvgIpc) is 3.85. The van der Waals surface area contributed by atoms with E-state index in [-0.39, 0.29) is 0 Å². The minimum Gasteiger partial charge on any atom is -0.309 e. The smallest absolute Gasteiger partial charge is 0.0703 e. The van der Waals surface area contributed by atoms with Crippen molar-refractivity contribution < 1.29 is 0 Å². The SMILES string of the molecule is c1ccc(-c2ccc(N(c3ccc(-c4ccncc4)cc3)c3ccc(-c4ccc(-c5ccc(C6CC7CCC6C7)cc5)cc4)cc3)cn2)cc1. The third-order valence-electron chi connectivity index (χ3n) is 11.0. The molecule has 242 valence electrons. The van der Waals surface area contributed by atoms with Crippen LogP contribution in [0.2, 0.25) is 0 Å². The van der Waals surface area contributed by atoms with E-state index in [1.807, 2.05) is 48.9 Å². The van der Waals surface area contributed by atoms with Crippen molar-refractivity contribution in [3.05, 3.63) is 176 Å². The van der Waals surface area contributed by atoms with Gasteiger partial charge in [-0.05, 0) is 124 Å². The molecule has 0 aliphatic heterocycles. The Morgan fingerprint density at radius 3 is 1.46 bits per heavy atom. The van der Waals surface area contributed by atoms with Crippen molar-refractivity contribution in [1.82, 2.24) is 9.97 Å². The first-order valence-corrected chi connectivity index (χ1v) is 17.9. The first-order valence-electron chi connectivity index (χ1n) is 17.9. The van der Waals surface area contributed by atoms with Crippen LogP contribution in [-0.4, -0.2) is 9.97 Å². The highest BCUT2D eigenvalue weighted by atomic mass is 15.1. The highest BCUT2D eigenvalue weighted by molar-refractivity contribution is 5.80. The molecule has 0 N–H and O–H groups in total. The number of anilines is 3. The Labute approximate surface area is 295 Å². The molecule has 3 unspecified atom stereocenters. The number of aromatic nitrogens is 2. The summed E-state index contributed by atoms with van der Waals surface area (Å²) in [4.78, 5) is 11.3. The van der Waals surface area contributed by atoms with Crippen molar-refractivity contribution >= 4 is 17.1 Å². The fourth-order valence-electron chi connectivity index (χ4n) is 8.33. The summed E-state index contributed by atoms with van der Waals surface area (Å²) in [5.74, 6) is 2.67. The number of pyridine rings is 2. The van der Waals surface area contributed by atoms with Crippen LogP contribution in [-0.2, 0) is 0 Å². The van der Waals surface area contributed by atoms with Crippen LogP contribution < -0.4 is 4.90 Å². The van der Waals surface area contributed by atoms with Gasteiger partial charge in [0.2, 0.25) is 0 Å². The van der Waals surface area contributed by atoms with Gasteiger partial charge in [0.1, 0.15) is 0 Å². The quantitative estimate of drug-likeness (QED) is 0.165. The van der Waals surface area contributed by atoms with E-state index in [9.17, 15) is 0 Å². The zero-order valence-corrected chi connectivity index (χ0v) is 28.1. The minimum absolute atomic E-state index is 0.778. The van der Waals surface area contributed by atoms with Crippen LogP contribution in [0.15, 0.2) is 170 Å². The molecule has 2 aliphatic rings. The summed E-state index contributed by atoms with van der Waals surface area (Å²) in [7, 11) is 0. The highest BCUT2D eigenvalue weighted by Gasteiger charge is 2.39. The molecule has 5 aromatic carbocycles. The Morgan fingerprint density at radius 1 is 0.440 bits per heavy atom. The Morgan fingerprint density at radius 2 is 0.960 bits per heavy atom. The molecule has 3 atom stereocenters. The van der Waals surface area contributed by atoms with E-state index in [2.05, 4.69) is 131 Å². The maximum Gasteiger partial charge on any atom is 0.0703 e. The van der Waals surface area contributed by atoms with Crippen LogP contribution >= 0.6 is 0 Å². The Bertz CT molecular complexity index is 2090. The summed E-state index contributed by atoms with van der Waals surface area (Å²) in [6, 6.07) is 54.6. The van der Waals surface area contributed by atoms with Gasteiger partial charge in [-0.2, -0.15) is 0 Å². The number of nitrogens with zero attached hydrogens (tertiary/aromatic N) is 3. The van der Waals surface area contributed by atoms with Crippen LogP contribution in [0.1, 0.15) is 37.2 Å². The number of fused-ring (bicyclic) bond motifs is 2. The Kier molecular flexibility index (Phi) is 8.02. The van der Waals surface area contributed by atoms with Crippen LogP contribution in [0, 0.1) is 11.8 Å². The fourth-order valence-corrected chi connectivity index (χ4v) is 8.33. The van der Waals surface area contributed by atoms with Gasteiger partial charge < -0.3 is 4.90 Å². The van der Waals surface area contributed by atoms with Crippen LogP contribution in [0.25, 0.3) is 44.6 Å².